The topological polar surface area (TPSA) is 58.2 Å². The number of nitrogens with one attached hydrogen (secondary N) is 2. The second-order valence-corrected chi connectivity index (χ2v) is 6.56. The van der Waals surface area contributed by atoms with Crippen molar-refractivity contribution in [2.45, 2.75) is 0 Å². The third-order valence-corrected chi connectivity index (χ3v) is 4.23. The first-order valence-electron chi connectivity index (χ1n) is 7.26. The Bertz CT molecular complexity index is 854. The molecule has 0 heterocycles. The number of anilines is 1. The molecule has 0 aliphatic rings. The fourth-order valence-electron chi connectivity index (χ4n) is 1.95. The Morgan fingerprint density at radius 2 is 1.84 bits per heavy atom. The van der Waals surface area contributed by atoms with Gasteiger partial charge < -0.3 is 10.6 Å². The maximum atomic E-state index is 12.7. The summed E-state index contributed by atoms with van der Waals surface area (Å²) in [6.07, 6.45) is 6.52. The highest BCUT2D eigenvalue weighted by atomic mass is 127. The van der Waals surface area contributed by atoms with Gasteiger partial charge in [-0.05, 0) is 59.0 Å². The highest BCUT2D eigenvalue weighted by Gasteiger charge is 2.21. The molecule has 0 atom stereocenters. The minimum absolute atomic E-state index is 0.0233. The third-order valence-electron chi connectivity index (χ3n) is 3.19. The number of terminal acetylenes is 1. The lowest BCUT2D eigenvalue weighted by atomic mass is 10.0. The summed E-state index contributed by atoms with van der Waals surface area (Å²) in [5, 5.41) is 5.73. The zero-order valence-corrected chi connectivity index (χ0v) is 16.0. The quantitative estimate of drug-likeness (QED) is 0.170. The average Bonchev–Trinajstić information content (AvgIpc) is 2.61. The summed E-state index contributed by atoms with van der Waals surface area (Å²) >= 11 is 8.26. The molecule has 0 bridgehead atoms. The second-order valence-electron chi connectivity index (χ2n) is 4.91. The molecule has 0 radical (unpaired) electrons. The van der Waals surface area contributed by atoms with Crippen molar-refractivity contribution in [1.29, 1.82) is 0 Å². The summed E-state index contributed by atoms with van der Waals surface area (Å²) in [5.74, 6) is 1.25. The number of hydrogen-bond donors (Lipinski definition) is 2. The number of benzene rings is 2. The Balaban J connectivity index is 2.32. The van der Waals surface area contributed by atoms with Gasteiger partial charge in [0.2, 0.25) is 5.78 Å². The van der Waals surface area contributed by atoms with Crippen LogP contribution in [0.5, 0.6) is 0 Å². The van der Waals surface area contributed by atoms with Crippen molar-refractivity contribution in [2.24, 2.45) is 0 Å². The Morgan fingerprint density at radius 3 is 2.48 bits per heavy atom. The Labute approximate surface area is 164 Å². The fourth-order valence-corrected chi connectivity index (χ4v) is 2.53. The largest absolute Gasteiger partial charge is 0.361 e. The third kappa shape index (κ3) is 5.34. The van der Waals surface area contributed by atoms with Gasteiger partial charge in [-0.15, -0.1) is 6.42 Å². The summed E-state index contributed by atoms with van der Waals surface area (Å²) < 4.78 is 1.08. The van der Waals surface area contributed by atoms with Gasteiger partial charge in [0.15, 0.2) is 0 Å². The van der Waals surface area contributed by atoms with Crippen LogP contribution in [-0.4, -0.2) is 18.2 Å². The van der Waals surface area contributed by atoms with Crippen molar-refractivity contribution in [3.8, 4) is 12.3 Å². The fraction of sp³-hybridized carbons (Fsp3) is 0.0526. The van der Waals surface area contributed by atoms with E-state index in [1.165, 1.54) is 6.20 Å². The molecule has 2 rings (SSSR count). The van der Waals surface area contributed by atoms with Crippen molar-refractivity contribution < 1.29 is 9.59 Å². The Morgan fingerprint density at radius 1 is 1.16 bits per heavy atom. The summed E-state index contributed by atoms with van der Waals surface area (Å²) in [5.41, 5.74) is 0.909. The molecule has 0 saturated carbocycles. The number of amides is 1. The van der Waals surface area contributed by atoms with Crippen LogP contribution in [0, 0.1) is 15.9 Å². The van der Waals surface area contributed by atoms with Gasteiger partial charge in [-0.2, -0.15) is 0 Å². The summed E-state index contributed by atoms with van der Waals surface area (Å²) in [7, 11) is 0. The van der Waals surface area contributed by atoms with Crippen LogP contribution >= 0.6 is 34.2 Å². The van der Waals surface area contributed by atoms with Gasteiger partial charge in [0.1, 0.15) is 5.57 Å². The molecule has 126 valence electrons. The first-order valence-corrected chi connectivity index (χ1v) is 8.71. The Kier molecular flexibility index (Phi) is 7.04. The maximum absolute atomic E-state index is 12.7. The van der Waals surface area contributed by atoms with Crippen molar-refractivity contribution in [3.63, 3.8) is 0 Å². The van der Waals surface area contributed by atoms with Crippen molar-refractivity contribution in [2.75, 3.05) is 11.9 Å². The van der Waals surface area contributed by atoms with Crippen molar-refractivity contribution >= 4 is 51.6 Å². The zero-order chi connectivity index (χ0) is 18.2. The number of Topliss-reactive ketones (excluding diaryl/α,β-unsaturated/α-hetero) is 1. The normalized spacial score (nSPS) is 10.7. The molecule has 0 aliphatic heterocycles. The highest BCUT2D eigenvalue weighted by molar-refractivity contribution is 14.1. The van der Waals surface area contributed by atoms with E-state index in [0.29, 0.717) is 0 Å². The molecule has 1 amide bonds. The van der Waals surface area contributed by atoms with Gasteiger partial charge in [0, 0.05) is 21.0 Å². The smallest absolute Gasteiger partial charge is 0.257 e. The molecule has 2 aromatic carbocycles. The standard InChI is InChI=1S/C19H14ClIN2O2/c1-2-11-22-19(25)16(12-23-14-9-7-13(21)8-10-14)18(24)15-5-3-4-6-17(15)20/h1,3-10,12,23H,11H2,(H,22,25). The van der Waals surface area contributed by atoms with E-state index in [-0.39, 0.29) is 22.7 Å². The molecular weight excluding hydrogens is 451 g/mol. The van der Waals surface area contributed by atoms with Crippen LogP contribution in [0.15, 0.2) is 60.3 Å². The predicted molar refractivity (Wildman–Crippen MR) is 108 cm³/mol. The van der Waals surface area contributed by atoms with Crippen LogP contribution in [0.1, 0.15) is 10.4 Å². The van der Waals surface area contributed by atoms with E-state index in [0.717, 1.165) is 9.26 Å². The van der Waals surface area contributed by atoms with E-state index in [9.17, 15) is 9.59 Å². The van der Waals surface area contributed by atoms with Gasteiger partial charge in [0.25, 0.3) is 5.91 Å². The second kappa shape index (κ2) is 9.25. The van der Waals surface area contributed by atoms with Crippen LogP contribution in [-0.2, 0) is 4.79 Å². The van der Waals surface area contributed by atoms with E-state index >= 15 is 0 Å². The van der Waals surface area contributed by atoms with Gasteiger partial charge in [0.05, 0.1) is 11.6 Å². The maximum Gasteiger partial charge on any atom is 0.257 e. The lowest BCUT2D eigenvalue weighted by Crippen LogP contribution is -2.29. The number of carbonyl (C=O) groups is 2. The number of carbonyl (C=O) groups excluding carboxylic acids is 2. The summed E-state index contributed by atoms with van der Waals surface area (Å²) in [4.78, 5) is 25.1. The molecule has 25 heavy (non-hydrogen) atoms. The molecular formula is C19H14ClIN2O2. The number of ketones is 1. The number of hydrogen-bond acceptors (Lipinski definition) is 3. The predicted octanol–water partition coefficient (Wildman–Crippen LogP) is 3.87. The summed E-state index contributed by atoms with van der Waals surface area (Å²) in [6.45, 7) is 0.0233. The van der Waals surface area contributed by atoms with Crippen LogP contribution in [0.4, 0.5) is 5.69 Å². The van der Waals surface area contributed by atoms with Crippen LogP contribution in [0.25, 0.3) is 0 Å². The van der Waals surface area contributed by atoms with Crippen molar-refractivity contribution in [1.82, 2.24) is 5.32 Å². The van der Waals surface area contributed by atoms with Crippen LogP contribution in [0.3, 0.4) is 0 Å². The molecule has 2 N–H and O–H groups in total. The molecule has 0 aliphatic carbocycles. The van der Waals surface area contributed by atoms with Gasteiger partial charge in [-0.25, -0.2) is 0 Å². The van der Waals surface area contributed by atoms with E-state index in [4.69, 9.17) is 18.0 Å². The number of halogens is 2. The lowest BCUT2D eigenvalue weighted by Gasteiger charge is -2.09. The molecule has 0 saturated heterocycles. The van der Waals surface area contributed by atoms with E-state index in [1.807, 2.05) is 24.3 Å². The van der Waals surface area contributed by atoms with E-state index in [1.54, 1.807) is 24.3 Å². The first-order chi connectivity index (χ1) is 12.0. The van der Waals surface area contributed by atoms with Gasteiger partial charge in [-0.1, -0.05) is 29.7 Å². The first kappa shape index (κ1) is 19.0. The molecule has 0 spiro atoms. The minimum atomic E-state index is -0.569. The van der Waals surface area contributed by atoms with E-state index in [2.05, 4.69) is 39.1 Å². The van der Waals surface area contributed by atoms with Gasteiger partial charge >= 0.3 is 0 Å². The Hall–Kier alpha value is -2.30. The molecule has 0 aromatic heterocycles. The average molecular weight is 465 g/mol. The zero-order valence-electron chi connectivity index (χ0n) is 13.1. The molecule has 6 heteroatoms. The minimum Gasteiger partial charge on any atom is -0.361 e. The molecule has 4 nitrogen and oxygen atoms in total. The van der Waals surface area contributed by atoms with Crippen molar-refractivity contribution in [3.05, 3.63) is 74.5 Å². The SMILES string of the molecule is C#CCNC(=O)C(=CNc1ccc(I)cc1)C(=O)c1ccccc1Cl. The van der Waals surface area contributed by atoms with Gasteiger partial charge in [-0.3, -0.25) is 9.59 Å². The van der Waals surface area contributed by atoms with Crippen LogP contribution in [0.2, 0.25) is 5.02 Å². The number of rotatable bonds is 6. The van der Waals surface area contributed by atoms with Crippen LogP contribution < -0.4 is 10.6 Å². The lowest BCUT2D eigenvalue weighted by molar-refractivity contribution is -0.116. The monoisotopic (exact) mass is 464 g/mol. The summed E-state index contributed by atoms with van der Waals surface area (Å²) in [6, 6.07) is 14.1. The van der Waals surface area contributed by atoms with E-state index < -0.39 is 11.7 Å². The molecule has 2 aromatic rings. The highest BCUT2D eigenvalue weighted by Crippen LogP contribution is 2.19. The molecule has 0 unspecified atom stereocenters. The molecule has 0 fully saturated rings.